The molecule has 7 nitrogen and oxygen atoms in total. The predicted molar refractivity (Wildman–Crippen MR) is 93.6 cm³/mol. The monoisotopic (exact) mass is 339 g/mol. The van der Waals surface area contributed by atoms with Crippen LogP contribution in [0.25, 0.3) is 0 Å². The number of nitrogens with zero attached hydrogens (tertiary/aromatic N) is 4. The van der Waals surface area contributed by atoms with Crippen molar-refractivity contribution in [2.75, 3.05) is 5.32 Å². The van der Waals surface area contributed by atoms with Crippen molar-refractivity contribution in [2.45, 2.75) is 40.2 Å². The van der Waals surface area contributed by atoms with Crippen molar-refractivity contribution in [3.8, 4) is 0 Å². The molecule has 2 aromatic heterocycles. The second kappa shape index (κ2) is 6.88. The Morgan fingerprint density at radius 3 is 2.72 bits per heavy atom. The van der Waals surface area contributed by atoms with Gasteiger partial charge in [-0.05, 0) is 50.5 Å². The summed E-state index contributed by atoms with van der Waals surface area (Å²) in [6.07, 6.45) is 2.11. The Labute approximate surface area is 146 Å². The minimum atomic E-state index is -0.326. The minimum absolute atomic E-state index is 0.0822. The second-order valence-electron chi connectivity index (χ2n) is 6.31. The summed E-state index contributed by atoms with van der Waals surface area (Å²) in [6.45, 7) is 8.05. The van der Waals surface area contributed by atoms with Crippen LogP contribution >= 0.6 is 0 Å². The average Bonchev–Trinajstić information content (AvgIpc) is 3.20. The number of aromatic nitrogens is 4. The van der Waals surface area contributed by atoms with Gasteiger partial charge in [-0.25, -0.2) is 0 Å². The molecule has 0 saturated carbocycles. The molecule has 7 heteroatoms. The molecule has 3 aromatic rings. The Kier molecular flexibility index (Phi) is 4.65. The summed E-state index contributed by atoms with van der Waals surface area (Å²) in [7, 11) is 0. The van der Waals surface area contributed by atoms with Crippen LogP contribution in [0, 0.1) is 13.8 Å². The highest BCUT2D eigenvalue weighted by molar-refractivity contribution is 6.01. The van der Waals surface area contributed by atoms with Gasteiger partial charge in [-0.2, -0.15) is 5.10 Å². The maximum absolute atomic E-state index is 12.4. The van der Waals surface area contributed by atoms with E-state index in [2.05, 4.69) is 46.6 Å². The van der Waals surface area contributed by atoms with E-state index in [9.17, 15) is 4.79 Å². The smallest absolute Gasteiger partial charge is 0.322 e. The van der Waals surface area contributed by atoms with Gasteiger partial charge >= 0.3 is 6.01 Å². The van der Waals surface area contributed by atoms with E-state index in [-0.39, 0.29) is 18.0 Å². The van der Waals surface area contributed by atoms with E-state index in [1.165, 1.54) is 11.1 Å². The molecule has 1 aromatic carbocycles. The lowest BCUT2D eigenvalue weighted by Gasteiger charge is -2.09. The average molecular weight is 339 g/mol. The Bertz CT molecular complexity index is 895. The van der Waals surface area contributed by atoms with E-state index in [0.717, 1.165) is 5.56 Å². The number of hydrogen-bond acceptors (Lipinski definition) is 5. The van der Waals surface area contributed by atoms with Gasteiger partial charge in [0, 0.05) is 12.2 Å². The van der Waals surface area contributed by atoms with Gasteiger partial charge in [0.05, 0.1) is 6.42 Å². The molecule has 0 radical (unpaired) electrons. The van der Waals surface area contributed by atoms with Gasteiger partial charge in [0.1, 0.15) is 5.69 Å². The molecule has 130 valence electrons. The summed E-state index contributed by atoms with van der Waals surface area (Å²) in [5.41, 5.74) is 3.99. The molecule has 3 rings (SSSR count). The highest BCUT2D eigenvalue weighted by Gasteiger charge is 2.17. The van der Waals surface area contributed by atoms with Crippen LogP contribution in [-0.4, -0.2) is 25.9 Å². The molecule has 1 N–H and O–H groups in total. The molecule has 1 amide bonds. The summed E-state index contributed by atoms with van der Waals surface area (Å²) in [5.74, 6) is 0.128. The van der Waals surface area contributed by atoms with Crippen molar-refractivity contribution in [2.24, 2.45) is 0 Å². The zero-order chi connectivity index (χ0) is 18.0. The normalized spacial score (nSPS) is 11.1. The first kappa shape index (κ1) is 16.9. The summed E-state index contributed by atoms with van der Waals surface area (Å²) in [4.78, 5) is 12.4. The Morgan fingerprint density at radius 1 is 1.20 bits per heavy atom. The molecule has 0 fully saturated rings. The van der Waals surface area contributed by atoms with Crippen molar-refractivity contribution >= 4 is 11.9 Å². The zero-order valence-corrected chi connectivity index (χ0v) is 14.8. The highest BCUT2D eigenvalue weighted by atomic mass is 16.4. The maximum atomic E-state index is 12.4. The zero-order valence-electron chi connectivity index (χ0n) is 14.8. The fraction of sp³-hybridized carbons (Fsp3) is 0.333. The summed E-state index contributed by atoms with van der Waals surface area (Å²) >= 11 is 0. The topological polar surface area (TPSA) is 85.8 Å². The fourth-order valence-corrected chi connectivity index (χ4v) is 2.53. The predicted octanol–water partition coefficient (Wildman–Crippen LogP) is 3.31. The summed E-state index contributed by atoms with van der Waals surface area (Å²) in [5, 5.41) is 14.7. The van der Waals surface area contributed by atoms with Gasteiger partial charge < -0.3 is 4.42 Å². The van der Waals surface area contributed by atoms with E-state index in [0.29, 0.717) is 18.0 Å². The number of benzene rings is 1. The lowest BCUT2D eigenvalue weighted by Crippen LogP contribution is -2.19. The third-order valence-electron chi connectivity index (χ3n) is 4.01. The molecule has 0 atom stereocenters. The molecule has 0 unspecified atom stereocenters. The van der Waals surface area contributed by atoms with E-state index in [1.54, 1.807) is 16.9 Å². The summed E-state index contributed by atoms with van der Waals surface area (Å²) in [6, 6.07) is 8.02. The minimum Gasteiger partial charge on any atom is -0.407 e. The molecular formula is C18H21N5O2. The largest absolute Gasteiger partial charge is 0.407 e. The van der Waals surface area contributed by atoms with Crippen LogP contribution in [0.1, 0.15) is 53.0 Å². The van der Waals surface area contributed by atoms with E-state index < -0.39 is 0 Å². The number of carbonyl (C=O) groups is 1. The van der Waals surface area contributed by atoms with Crippen molar-refractivity contribution < 1.29 is 9.21 Å². The van der Waals surface area contributed by atoms with Gasteiger partial charge in [0.2, 0.25) is 5.89 Å². The maximum Gasteiger partial charge on any atom is 0.322 e. The van der Waals surface area contributed by atoms with Crippen molar-refractivity contribution in [1.29, 1.82) is 0 Å². The van der Waals surface area contributed by atoms with Crippen LogP contribution in [0.3, 0.4) is 0 Å². The Hall–Kier alpha value is -2.96. The number of aryl methyl sites for hydroxylation is 2. The van der Waals surface area contributed by atoms with Crippen LogP contribution < -0.4 is 5.32 Å². The lowest BCUT2D eigenvalue weighted by atomic mass is 10.0. The first-order chi connectivity index (χ1) is 11.9. The van der Waals surface area contributed by atoms with E-state index >= 15 is 0 Å². The Balaban J connectivity index is 1.70. The SMILES string of the molecule is Cc1ccc(Cc2nnc(NC(=O)c3ccnn3C(C)C)o2)cc1C. The van der Waals surface area contributed by atoms with Crippen LogP contribution in [0.5, 0.6) is 0 Å². The molecule has 0 spiro atoms. The molecule has 2 heterocycles. The second-order valence-corrected chi connectivity index (χ2v) is 6.31. The fourth-order valence-electron chi connectivity index (χ4n) is 2.53. The van der Waals surface area contributed by atoms with Gasteiger partial charge in [0.15, 0.2) is 0 Å². The molecule has 0 saturated heterocycles. The van der Waals surface area contributed by atoms with Crippen LogP contribution in [0.4, 0.5) is 6.01 Å². The highest BCUT2D eigenvalue weighted by Crippen LogP contribution is 2.16. The standard InChI is InChI=1S/C18H21N5O2/c1-11(2)23-15(7-8-19-23)17(24)20-18-22-21-16(25-18)10-14-6-5-12(3)13(4)9-14/h5-9,11H,10H2,1-4H3,(H,20,22,24). The van der Waals surface area contributed by atoms with Crippen molar-refractivity contribution in [1.82, 2.24) is 20.0 Å². The van der Waals surface area contributed by atoms with Gasteiger partial charge in [-0.3, -0.25) is 14.8 Å². The number of hydrogen-bond donors (Lipinski definition) is 1. The first-order valence-electron chi connectivity index (χ1n) is 8.17. The van der Waals surface area contributed by atoms with Crippen molar-refractivity contribution in [3.05, 3.63) is 58.7 Å². The number of carbonyl (C=O) groups excluding carboxylic acids is 1. The van der Waals surface area contributed by atoms with Gasteiger partial charge in [-0.15, -0.1) is 5.10 Å². The number of nitrogens with one attached hydrogen (secondary N) is 1. The van der Waals surface area contributed by atoms with Crippen LogP contribution in [-0.2, 0) is 6.42 Å². The molecule has 0 bridgehead atoms. The van der Waals surface area contributed by atoms with Crippen LogP contribution in [0.2, 0.25) is 0 Å². The van der Waals surface area contributed by atoms with Crippen molar-refractivity contribution in [3.63, 3.8) is 0 Å². The first-order valence-corrected chi connectivity index (χ1v) is 8.17. The number of rotatable bonds is 5. The summed E-state index contributed by atoms with van der Waals surface area (Å²) < 4.78 is 7.18. The van der Waals surface area contributed by atoms with E-state index in [4.69, 9.17) is 4.42 Å². The van der Waals surface area contributed by atoms with Gasteiger partial charge in [-0.1, -0.05) is 23.3 Å². The third-order valence-corrected chi connectivity index (χ3v) is 4.01. The number of amides is 1. The number of anilines is 1. The third kappa shape index (κ3) is 3.76. The molecule has 0 aliphatic rings. The Morgan fingerprint density at radius 2 is 2.00 bits per heavy atom. The lowest BCUT2D eigenvalue weighted by molar-refractivity contribution is 0.101. The molecule has 0 aliphatic carbocycles. The van der Waals surface area contributed by atoms with Gasteiger partial charge in [0.25, 0.3) is 5.91 Å². The van der Waals surface area contributed by atoms with Crippen LogP contribution in [0.15, 0.2) is 34.9 Å². The van der Waals surface area contributed by atoms with E-state index in [1.807, 2.05) is 19.9 Å². The quantitative estimate of drug-likeness (QED) is 0.771. The molecular weight excluding hydrogens is 318 g/mol. The molecule has 0 aliphatic heterocycles. The molecule has 25 heavy (non-hydrogen) atoms.